The van der Waals surface area contributed by atoms with Gasteiger partial charge in [0.25, 0.3) is 0 Å². The number of hydrogen-bond acceptors (Lipinski definition) is 4. The van der Waals surface area contributed by atoms with Crippen LogP contribution in [0.15, 0.2) is 67.3 Å². The van der Waals surface area contributed by atoms with Crippen LogP contribution in [-0.2, 0) is 0 Å². The summed E-state index contributed by atoms with van der Waals surface area (Å²) in [5.41, 5.74) is 8.49. The van der Waals surface area contributed by atoms with E-state index in [0.29, 0.717) is 11.5 Å². The summed E-state index contributed by atoms with van der Waals surface area (Å²) < 4.78 is 5.71. The Morgan fingerprint density at radius 2 is 1.70 bits per heavy atom. The third-order valence-electron chi connectivity index (χ3n) is 2.80. The van der Waals surface area contributed by atoms with Crippen LogP contribution in [0.5, 0.6) is 11.5 Å². The Bertz CT molecular complexity index is 714. The Kier molecular flexibility index (Phi) is 3.29. The van der Waals surface area contributed by atoms with Gasteiger partial charge < -0.3 is 10.5 Å². The molecular formula is C16H13N3O. The van der Waals surface area contributed by atoms with Gasteiger partial charge >= 0.3 is 0 Å². The Morgan fingerprint density at radius 1 is 0.800 bits per heavy atom. The molecule has 0 saturated carbocycles. The number of hydrogen-bond donors (Lipinski definition) is 1. The number of ether oxygens (including phenoxy) is 1. The lowest BCUT2D eigenvalue weighted by Gasteiger charge is -2.07. The molecule has 0 amide bonds. The topological polar surface area (TPSA) is 61.0 Å². The minimum atomic E-state index is 0.665. The first kappa shape index (κ1) is 12.2. The highest BCUT2D eigenvalue weighted by molar-refractivity contribution is 5.67. The molecule has 0 aliphatic heterocycles. The molecule has 0 spiro atoms. The maximum absolute atomic E-state index is 5.80. The molecule has 2 heterocycles. The highest BCUT2D eigenvalue weighted by Crippen LogP contribution is 2.26. The molecule has 0 radical (unpaired) electrons. The van der Waals surface area contributed by atoms with Crippen molar-refractivity contribution in [1.82, 2.24) is 9.97 Å². The molecule has 0 saturated heterocycles. The molecule has 20 heavy (non-hydrogen) atoms. The molecule has 98 valence electrons. The van der Waals surface area contributed by atoms with Gasteiger partial charge in [-0.2, -0.15) is 0 Å². The van der Waals surface area contributed by atoms with E-state index < -0.39 is 0 Å². The summed E-state index contributed by atoms with van der Waals surface area (Å²) in [5, 5.41) is 0. The van der Waals surface area contributed by atoms with E-state index in [0.717, 1.165) is 16.8 Å². The van der Waals surface area contributed by atoms with Crippen LogP contribution in [0.2, 0.25) is 0 Å². The standard InChI is InChI=1S/C16H13N3O/c17-14-4-1-3-12(7-14)13-8-16(11-19-9-13)20-15-5-2-6-18-10-15/h1-11H,17H2. The summed E-state index contributed by atoms with van der Waals surface area (Å²) in [6, 6.07) is 13.3. The van der Waals surface area contributed by atoms with E-state index >= 15 is 0 Å². The monoisotopic (exact) mass is 263 g/mol. The van der Waals surface area contributed by atoms with Gasteiger partial charge in [-0.25, -0.2) is 0 Å². The van der Waals surface area contributed by atoms with Gasteiger partial charge in [0.1, 0.15) is 11.5 Å². The third-order valence-corrected chi connectivity index (χ3v) is 2.80. The zero-order chi connectivity index (χ0) is 13.8. The number of anilines is 1. The van der Waals surface area contributed by atoms with Crippen LogP contribution >= 0.6 is 0 Å². The highest BCUT2D eigenvalue weighted by Gasteiger charge is 2.02. The molecule has 2 aromatic heterocycles. The van der Waals surface area contributed by atoms with Crippen molar-refractivity contribution in [3.8, 4) is 22.6 Å². The fourth-order valence-electron chi connectivity index (χ4n) is 1.89. The van der Waals surface area contributed by atoms with Crippen LogP contribution in [0, 0.1) is 0 Å². The van der Waals surface area contributed by atoms with E-state index in [-0.39, 0.29) is 0 Å². The summed E-state index contributed by atoms with van der Waals surface area (Å²) in [5.74, 6) is 1.34. The lowest BCUT2D eigenvalue weighted by atomic mass is 10.1. The van der Waals surface area contributed by atoms with Crippen molar-refractivity contribution < 1.29 is 4.74 Å². The van der Waals surface area contributed by atoms with Gasteiger partial charge in [0.15, 0.2) is 0 Å². The summed E-state index contributed by atoms with van der Waals surface area (Å²) in [6.45, 7) is 0. The van der Waals surface area contributed by atoms with Gasteiger partial charge in [-0.15, -0.1) is 0 Å². The molecule has 0 aliphatic carbocycles. The maximum Gasteiger partial charge on any atom is 0.146 e. The van der Waals surface area contributed by atoms with Crippen molar-refractivity contribution in [2.24, 2.45) is 0 Å². The zero-order valence-electron chi connectivity index (χ0n) is 10.7. The van der Waals surface area contributed by atoms with E-state index in [1.807, 2.05) is 42.5 Å². The van der Waals surface area contributed by atoms with Crippen LogP contribution < -0.4 is 10.5 Å². The molecule has 4 heteroatoms. The van der Waals surface area contributed by atoms with Crippen molar-refractivity contribution >= 4 is 5.69 Å². The quantitative estimate of drug-likeness (QED) is 0.734. The van der Waals surface area contributed by atoms with Crippen molar-refractivity contribution in [1.29, 1.82) is 0 Å². The number of nitrogen functional groups attached to an aromatic ring is 1. The molecule has 0 aliphatic rings. The molecule has 1 aromatic carbocycles. The van der Waals surface area contributed by atoms with Crippen LogP contribution in [0.3, 0.4) is 0 Å². The van der Waals surface area contributed by atoms with E-state index in [2.05, 4.69) is 9.97 Å². The van der Waals surface area contributed by atoms with Crippen molar-refractivity contribution in [2.75, 3.05) is 5.73 Å². The first-order valence-corrected chi connectivity index (χ1v) is 6.20. The van der Waals surface area contributed by atoms with Crippen molar-refractivity contribution in [2.45, 2.75) is 0 Å². The molecule has 3 rings (SSSR count). The predicted octanol–water partition coefficient (Wildman–Crippen LogP) is 3.52. The third kappa shape index (κ3) is 2.75. The average Bonchev–Trinajstić information content (AvgIpc) is 2.49. The Balaban J connectivity index is 1.90. The van der Waals surface area contributed by atoms with E-state index in [1.165, 1.54) is 0 Å². The fourth-order valence-corrected chi connectivity index (χ4v) is 1.89. The maximum atomic E-state index is 5.80. The van der Waals surface area contributed by atoms with Crippen molar-refractivity contribution in [3.05, 3.63) is 67.3 Å². The first-order valence-electron chi connectivity index (χ1n) is 6.20. The summed E-state index contributed by atoms with van der Waals surface area (Å²) in [4.78, 5) is 8.21. The molecule has 2 N–H and O–H groups in total. The zero-order valence-corrected chi connectivity index (χ0v) is 10.7. The van der Waals surface area contributed by atoms with Gasteiger partial charge in [0.05, 0.1) is 12.4 Å². The minimum Gasteiger partial charge on any atom is -0.454 e. The second-order valence-electron chi connectivity index (χ2n) is 4.33. The van der Waals surface area contributed by atoms with Crippen molar-refractivity contribution in [3.63, 3.8) is 0 Å². The van der Waals surface area contributed by atoms with E-state index in [4.69, 9.17) is 10.5 Å². The number of nitrogens with zero attached hydrogens (tertiary/aromatic N) is 2. The van der Waals surface area contributed by atoms with Gasteiger partial charge in [0, 0.05) is 23.6 Å². The first-order chi connectivity index (χ1) is 9.81. The second kappa shape index (κ2) is 5.40. The number of nitrogens with two attached hydrogens (primary N) is 1. The van der Waals surface area contributed by atoms with Crippen LogP contribution in [0.4, 0.5) is 5.69 Å². The van der Waals surface area contributed by atoms with Crippen LogP contribution in [0.1, 0.15) is 0 Å². The molecular weight excluding hydrogens is 250 g/mol. The molecule has 0 atom stereocenters. The summed E-state index contributed by atoms with van der Waals surface area (Å²) in [6.07, 6.45) is 6.81. The fraction of sp³-hybridized carbons (Fsp3) is 0. The van der Waals surface area contributed by atoms with Gasteiger partial charge in [-0.1, -0.05) is 12.1 Å². The lowest BCUT2D eigenvalue weighted by molar-refractivity contribution is 0.478. The van der Waals surface area contributed by atoms with E-state index in [9.17, 15) is 0 Å². The molecule has 0 bridgehead atoms. The van der Waals surface area contributed by atoms with E-state index in [1.54, 1.807) is 24.8 Å². The SMILES string of the molecule is Nc1cccc(-c2cncc(Oc3cccnc3)c2)c1. The van der Waals surface area contributed by atoms with Gasteiger partial charge in [-0.3, -0.25) is 9.97 Å². The smallest absolute Gasteiger partial charge is 0.146 e. The summed E-state index contributed by atoms with van der Waals surface area (Å²) in [7, 11) is 0. The normalized spacial score (nSPS) is 10.2. The predicted molar refractivity (Wildman–Crippen MR) is 78.4 cm³/mol. The second-order valence-corrected chi connectivity index (χ2v) is 4.33. The lowest BCUT2D eigenvalue weighted by Crippen LogP contribution is -1.89. The van der Waals surface area contributed by atoms with Gasteiger partial charge in [-0.05, 0) is 35.9 Å². The highest BCUT2D eigenvalue weighted by atomic mass is 16.5. The summed E-state index contributed by atoms with van der Waals surface area (Å²) >= 11 is 0. The Morgan fingerprint density at radius 3 is 2.50 bits per heavy atom. The largest absolute Gasteiger partial charge is 0.454 e. The molecule has 0 unspecified atom stereocenters. The van der Waals surface area contributed by atoms with Crippen LogP contribution in [-0.4, -0.2) is 9.97 Å². The molecule has 0 fully saturated rings. The van der Waals surface area contributed by atoms with Crippen LogP contribution in [0.25, 0.3) is 11.1 Å². The molecule has 4 nitrogen and oxygen atoms in total. The average molecular weight is 263 g/mol. The Labute approximate surface area is 116 Å². The Hall–Kier alpha value is -2.88. The number of aromatic nitrogens is 2. The minimum absolute atomic E-state index is 0.665. The molecule has 3 aromatic rings. The number of rotatable bonds is 3. The number of pyridine rings is 2. The number of benzene rings is 1. The van der Waals surface area contributed by atoms with Gasteiger partial charge in [0.2, 0.25) is 0 Å².